The summed E-state index contributed by atoms with van der Waals surface area (Å²) in [4.78, 5) is 41.6. The van der Waals surface area contributed by atoms with E-state index < -0.39 is 55.5 Å². The topological polar surface area (TPSA) is 132 Å². The molecule has 0 saturated carbocycles. The zero-order valence-corrected chi connectivity index (χ0v) is 24.1. The number of halogens is 3. The molecule has 4 atom stereocenters. The van der Waals surface area contributed by atoms with Crippen LogP contribution in [0.1, 0.15) is 42.7 Å². The van der Waals surface area contributed by atoms with Gasteiger partial charge in [-0.25, -0.2) is 9.78 Å². The van der Waals surface area contributed by atoms with Gasteiger partial charge in [-0.05, 0) is 25.3 Å². The Bertz CT molecular complexity index is 1210. The summed E-state index contributed by atoms with van der Waals surface area (Å²) in [5, 5.41) is 2.53. The summed E-state index contributed by atoms with van der Waals surface area (Å²) in [7, 11) is 1.34. The number of nitrogens with one attached hydrogen (secondary N) is 1. The van der Waals surface area contributed by atoms with Crippen molar-refractivity contribution in [2.75, 3.05) is 33.7 Å². The maximum absolute atomic E-state index is 13.2. The summed E-state index contributed by atoms with van der Waals surface area (Å²) < 4.78 is 70.9. The fourth-order valence-electron chi connectivity index (χ4n) is 4.46. The minimum absolute atomic E-state index is 0.0698. The molecule has 1 aromatic carbocycles. The molecule has 0 unspecified atom stereocenters. The van der Waals surface area contributed by atoms with E-state index in [1.807, 2.05) is 30.3 Å². The van der Waals surface area contributed by atoms with Crippen LogP contribution in [-0.2, 0) is 35.0 Å². The van der Waals surface area contributed by atoms with Crippen LogP contribution in [0.2, 0.25) is 0 Å². The largest absolute Gasteiger partial charge is 0.493 e. The highest BCUT2D eigenvalue weighted by atomic mass is 19.4. The maximum Gasteiger partial charge on any atom is 0.389 e. The Morgan fingerprint density at radius 1 is 1.14 bits per heavy atom. The van der Waals surface area contributed by atoms with Gasteiger partial charge in [0.2, 0.25) is 6.79 Å². The summed E-state index contributed by atoms with van der Waals surface area (Å²) in [6.45, 7) is 1.85. The third kappa shape index (κ3) is 10.7. The van der Waals surface area contributed by atoms with E-state index in [0.717, 1.165) is 5.56 Å². The fraction of sp³-hybridized carbons (Fsp3) is 0.517. The average molecular weight is 613 g/mol. The number of aromatic nitrogens is 1. The molecule has 43 heavy (non-hydrogen) atoms. The van der Waals surface area contributed by atoms with E-state index in [-0.39, 0.29) is 49.4 Å². The standard InChI is InChI=1S/C29H35F3N2O9/c1-18-25(40-13-7-11-29(30,31)32)21(14-20-8-5-4-6-9-20)15-39-16-22(28(37)43-18)34-27(36)24-26(42-17-41-19(2)35)23(38-3)10-12-33-24/h4-6,8-10,12,18,21-22,25H,7,11,13-17H2,1-3H3,(H,34,36)/t18-,21-,22-,25-/m0/s1. The fourth-order valence-corrected chi connectivity index (χ4v) is 4.46. The minimum Gasteiger partial charge on any atom is -0.493 e. The van der Waals surface area contributed by atoms with E-state index in [0.29, 0.717) is 6.42 Å². The van der Waals surface area contributed by atoms with Gasteiger partial charge in [-0.3, -0.25) is 9.59 Å². The van der Waals surface area contributed by atoms with Gasteiger partial charge in [-0.2, -0.15) is 13.2 Å². The number of alkyl halides is 3. The normalized spacial score (nSPS) is 21.0. The molecule has 3 rings (SSSR count). The quantitative estimate of drug-likeness (QED) is 0.215. The zero-order valence-electron chi connectivity index (χ0n) is 24.1. The third-order valence-corrected chi connectivity index (χ3v) is 6.46. The Morgan fingerprint density at radius 2 is 1.88 bits per heavy atom. The Balaban J connectivity index is 1.77. The van der Waals surface area contributed by atoms with Gasteiger partial charge >= 0.3 is 18.1 Å². The van der Waals surface area contributed by atoms with Gasteiger partial charge in [0, 0.05) is 38.1 Å². The number of carbonyl (C=O) groups excluding carboxylic acids is 3. The Morgan fingerprint density at radius 3 is 2.56 bits per heavy atom. The first kappa shape index (κ1) is 33.6. The Hall–Kier alpha value is -3.91. The molecule has 1 aliphatic heterocycles. The SMILES string of the molecule is COc1ccnc(C(=O)N[C@H]2COC[C@H](Cc3ccccc3)[C@@H](OCCCC(F)(F)F)[C@H](C)OC2=O)c1OCOC(C)=O. The van der Waals surface area contributed by atoms with Crippen molar-refractivity contribution in [3.05, 3.63) is 53.9 Å². The second kappa shape index (κ2) is 16.1. The summed E-state index contributed by atoms with van der Waals surface area (Å²) in [5.74, 6) is -2.65. The molecule has 1 saturated heterocycles. The van der Waals surface area contributed by atoms with E-state index in [4.69, 9.17) is 28.4 Å². The van der Waals surface area contributed by atoms with Crippen molar-refractivity contribution in [3.63, 3.8) is 0 Å². The van der Waals surface area contributed by atoms with E-state index in [1.54, 1.807) is 6.92 Å². The lowest BCUT2D eigenvalue weighted by atomic mass is 9.91. The molecule has 1 aromatic heterocycles. The Labute approximate surface area is 246 Å². The van der Waals surface area contributed by atoms with Gasteiger partial charge in [0.15, 0.2) is 23.2 Å². The van der Waals surface area contributed by atoms with Crippen molar-refractivity contribution in [1.29, 1.82) is 0 Å². The number of rotatable bonds is 12. The van der Waals surface area contributed by atoms with Crippen LogP contribution in [0.5, 0.6) is 11.5 Å². The molecular weight excluding hydrogens is 577 g/mol. The highest BCUT2D eigenvalue weighted by molar-refractivity contribution is 5.98. The van der Waals surface area contributed by atoms with E-state index in [2.05, 4.69) is 10.3 Å². The second-order valence-corrected chi connectivity index (χ2v) is 9.80. The van der Waals surface area contributed by atoms with E-state index in [1.165, 1.54) is 26.3 Å². The summed E-state index contributed by atoms with van der Waals surface area (Å²) in [6, 6.07) is 9.53. The summed E-state index contributed by atoms with van der Waals surface area (Å²) >= 11 is 0. The van der Waals surface area contributed by atoms with Gasteiger partial charge in [0.1, 0.15) is 6.10 Å². The zero-order chi connectivity index (χ0) is 31.4. The summed E-state index contributed by atoms with van der Waals surface area (Å²) in [5.41, 5.74) is 0.688. The first-order valence-corrected chi connectivity index (χ1v) is 13.6. The number of ether oxygens (including phenoxy) is 6. The molecule has 236 valence electrons. The Kier molecular flexibility index (Phi) is 12.6. The van der Waals surface area contributed by atoms with Crippen molar-refractivity contribution in [2.24, 2.45) is 5.92 Å². The molecule has 14 heteroatoms. The molecule has 0 spiro atoms. The van der Waals surface area contributed by atoms with Crippen molar-refractivity contribution in [1.82, 2.24) is 10.3 Å². The smallest absolute Gasteiger partial charge is 0.389 e. The van der Waals surface area contributed by atoms with Gasteiger partial charge in [0.05, 0.1) is 26.4 Å². The highest BCUT2D eigenvalue weighted by Gasteiger charge is 2.36. The number of benzene rings is 1. The summed E-state index contributed by atoms with van der Waals surface area (Å²) in [6.07, 6.45) is -5.51. The van der Waals surface area contributed by atoms with E-state index in [9.17, 15) is 27.6 Å². The number of hydrogen-bond acceptors (Lipinski definition) is 10. The van der Waals surface area contributed by atoms with E-state index >= 15 is 0 Å². The molecule has 1 aliphatic rings. The van der Waals surface area contributed by atoms with Crippen LogP contribution in [0, 0.1) is 5.92 Å². The molecule has 0 bridgehead atoms. The van der Waals surface area contributed by atoms with Crippen LogP contribution in [0.4, 0.5) is 13.2 Å². The lowest BCUT2D eigenvalue weighted by Gasteiger charge is -2.31. The molecule has 2 heterocycles. The number of esters is 2. The van der Waals surface area contributed by atoms with Gasteiger partial charge in [-0.1, -0.05) is 30.3 Å². The molecule has 1 fully saturated rings. The van der Waals surface area contributed by atoms with Crippen LogP contribution in [0.3, 0.4) is 0 Å². The number of nitrogens with zero attached hydrogens (tertiary/aromatic N) is 1. The lowest BCUT2D eigenvalue weighted by Crippen LogP contribution is -2.46. The first-order chi connectivity index (χ1) is 20.5. The highest BCUT2D eigenvalue weighted by Crippen LogP contribution is 2.30. The molecule has 0 radical (unpaired) electrons. The number of methoxy groups -OCH3 is 1. The molecule has 0 aliphatic carbocycles. The number of cyclic esters (lactones) is 1. The van der Waals surface area contributed by atoms with Crippen LogP contribution >= 0.6 is 0 Å². The van der Waals surface area contributed by atoms with Crippen molar-refractivity contribution in [3.8, 4) is 11.5 Å². The first-order valence-electron chi connectivity index (χ1n) is 13.6. The molecule has 11 nitrogen and oxygen atoms in total. The molecular formula is C29H35F3N2O9. The molecule has 1 N–H and O–H groups in total. The van der Waals surface area contributed by atoms with Crippen LogP contribution in [0.25, 0.3) is 0 Å². The predicted molar refractivity (Wildman–Crippen MR) is 144 cm³/mol. The van der Waals surface area contributed by atoms with Gasteiger partial charge in [-0.15, -0.1) is 0 Å². The lowest BCUT2D eigenvalue weighted by molar-refractivity contribution is -0.162. The predicted octanol–water partition coefficient (Wildman–Crippen LogP) is 3.64. The van der Waals surface area contributed by atoms with Crippen molar-refractivity contribution < 1.29 is 56.0 Å². The molecule has 2 aromatic rings. The van der Waals surface area contributed by atoms with Crippen LogP contribution < -0.4 is 14.8 Å². The number of hydrogen-bond donors (Lipinski definition) is 1. The monoisotopic (exact) mass is 612 g/mol. The van der Waals surface area contributed by atoms with Crippen LogP contribution in [0.15, 0.2) is 42.6 Å². The van der Waals surface area contributed by atoms with Crippen molar-refractivity contribution >= 4 is 17.8 Å². The number of amides is 1. The van der Waals surface area contributed by atoms with Gasteiger partial charge in [0.25, 0.3) is 5.91 Å². The van der Waals surface area contributed by atoms with Crippen LogP contribution in [-0.4, -0.2) is 81.0 Å². The average Bonchev–Trinajstić information content (AvgIpc) is 3.00. The molecule has 1 amide bonds. The minimum atomic E-state index is -4.32. The van der Waals surface area contributed by atoms with Gasteiger partial charge < -0.3 is 33.7 Å². The maximum atomic E-state index is 13.2. The third-order valence-electron chi connectivity index (χ3n) is 6.46. The van der Waals surface area contributed by atoms with Crippen molar-refractivity contribution in [2.45, 2.75) is 57.5 Å². The second-order valence-electron chi connectivity index (χ2n) is 9.80. The number of carbonyl (C=O) groups is 3. The number of pyridine rings is 1.